The number of likely N-dealkylation sites (N-methyl/N-ethyl adjacent to an activating group) is 1. The summed E-state index contributed by atoms with van der Waals surface area (Å²) >= 11 is 6.20. The van der Waals surface area contributed by atoms with Crippen LogP contribution in [0.5, 0.6) is 0 Å². The predicted octanol–water partition coefficient (Wildman–Crippen LogP) is 4.32. The van der Waals surface area contributed by atoms with E-state index in [4.69, 9.17) is 11.6 Å². The number of hydrogen-bond acceptors (Lipinski definition) is 2. The van der Waals surface area contributed by atoms with Gasteiger partial charge in [0.1, 0.15) is 0 Å². The van der Waals surface area contributed by atoms with Gasteiger partial charge in [0.2, 0.25) is 0 Å². The van der Waals surface area contributed by atoms with Crippen molar-refractivity contribution in [2.45, 2.75) is 46.2 Å². The predicted molar refractivity (Wildman–Crippen MR) is 88.9 cm³/mol. The van der Waals surface area contributed by atoms with E-state index in [2.05, 4.69) is 50.2 Å². The number of hydrogen-bond donors (Lipinski definition) is 1. The smallest absolute Gasteiger partial charge is 0.0643 e. The summed E-state index contributed by atoms with van der Waals surface area (Å²) < 4.78 is 2.00. The lowest BCUT2D eigenvalue weighted by Crippen LogP contribution is -2.23. The highest BCUT2D eigenvalue weighted by Gasteiger charge is 2.14. The summed E-state index contributed by atoms with van der Waals surface area (Å²) in [7, 11) is 0. The third kappa shape index (κ3) is 4.32. The highest BCUT2D eigenvalue weighted by Crippen LogP contribution is 2.23. The average molecular weight is 306 g/mol. The van der Waals surface area contributed by atoms with Crippen LogP contribution in [-0.2, 0) is 6.42 Å². The van der Waals surface area contributed by atoms with Crippen molar-refractivity contribution in [3.05, 3.63) is 52.3 Å². The lowest BCUT2D eigenvalue weighted by atomic mass is 10.00. The van der Waals surface area contributed by atoms with Crippen molar-refractivity contribution in [1.82, 2.24) is 15.1 Å². The number of nitrogens with zero attached hydrogens (tertiary/aromatic N) is 2. The molecule has 0 saturated carbocycles. The van der Waals surface area contributed by atoms with Gasteiger partial charge in [-0.1, -0.05) is 24.6 Å². The third-order valence-electron chi connectivity index (χ3n) is 3.52. The van der Waals surface area contributed by atoms with Gasteiger partial charge in [-0.05, 0) is 56.6 Å². The molecule has 1 heterocycles. The molecule has 0 aliphatic heterocycles. The average Bonchev–Trinajstić information content (AvgIpc) is 2.86. The molecule has 1 aromatic carbocycles. The number of nitrogens with one attached hydrogen (secondary N) is 1. The van der Waals surface area contributed by atoms with Gasteiger partial charge in [0.15, 0.2) is 0 Å². The molecule has 0 aliphatic rings. The van der Waals surface area contributed by atoms with Crippen molar-refractivity contribution in [3.63, 3.8) is 0 Å². The van der Waals surface area contributed by atoms with E-state index in [1.54, 1.807) is 0 Å². The Kier molecular flexibility index (Phi) is 5.43. The third-order valence-corrected chi connectivity index (χ3v) is 3.74. The first-order valence-electron chi connectivity index (χ1n) is 7.54. The molecule has 2 aromatic rings. The molecule has 0 fully saturated rings. The molecule has 1 aromatic heterocycles. The van der Waals surface area contributed by atoms with Gasteiger partial charge in [0, 0.05) is 29.7 Å². The fourth-order valence-corrected chi connectivity index (χ4v) is 2.80. The molecule has 0 bridgehead atoms. The molecule has 0 radical (unpaired) electrons. The summed E-state index contributed by atoms with van der Waals surface area (Å²) in [6.45, 7) is 9.39. The zero-order chi connectivity index (χ0) is 15.4. The Balaban J connectivity index is 2.21. The second-order valence-electron chi connectivity index (χ2n) is 5.76. The molecule has 21 heavy (non-hydrogen) atoms. The van der Waals surface area contributed by atoms with Crippen molar-refractivity contribution in [3.8, 4) is 0 Å². The van der Waals surface area contributed by atoms with Gasteiger partial charge in [0.05, 0.1) is 5.69 Å². The summed E-state index contributed by atoms with van der Waals surface area (Å²) in [5.41, 5.74) is 3.52. The van der Waals surface area contributed by atoms with Crippen LogP contribution in [0.1, 0.15) is 49.7 Å². The normalized spacial score (nSPS) is 12.9. The summed E-state index contributed by atoms with van der Waals surface area (Å²) in [5.74, 6) is 0. The second kappa shape index (κ2) is 7.10. The van der Waals surface area contributed by atoms with E-state index in [0.29, 0.717) is 6.04 Å². The first-order valence-corrected chi connectivity index (χ1v) is 7.92. The maximum absolute atomic E-state index is 6.20. The Morgan fingerprint density at radius 3 is 2.62 bits per heavy atom. The molecule has 1 atom stereocenters. The summed E-state index contributed by atoms with van der Waals surface area (Å²) in [4.78, 5) is 0. The molecule has 0 saturated heterocycles. The van der Waals surface area contributed by atoms with Crippen LogP contribution in [0.2, 0.25) is 5.02 Å². The van der Waals surface area contributed by atoms with Crippen molar-refractivity contribution < 1.29 is 0 Å². The van der Waals surface area contributed by atoms with Crippen LogP contribution in [0.4, 0.5) is 0 Å². The fourth-order valence-electron chi connectivity index (χ4n) is 2.50. The van der Waals surface area contributed by atoms with Crippen LogP contribution < -0.4 is 5.32 Å². The van der Waals surface area contributed by atoms with Crippen LogP contribution in [0.15, 0.2) is 30.5 Å². The Morgan fingerprint density at radius 2 is 2.05 bits per heavy atom. The van der Waals surface area contributed by atoms with E-state index in [0.717, 1.165) is 23.7 Å². The monoisotopic (exact) mass is 305 g/mol. The van der Waals surface area contributed by atoms with Crippen LogP contribution in [0, 0.1) is 6.92 Å². The van der Waals surface area contributed by atoms with E-state index < -0.39 is 0 Å². The molecule has 1 N–H and O–H groups in total. The Bertz CT molecular complexity index is 569. The molecule has 4 heteroatoms. The summed E-state index contributed by atoms with van der Waals surface area (Å²) in [5, 5.41) is 8.97. The van der Waals surface area contributed by atoms with Crippen LogP contribution in [0.25, 0.3) is 0 Å². The van der Waals surface area contributed by atoms with Crippen LogP contribution >= 0.6 is 11.6 Å². The largest absolute Gasteiger partial charge is 0.310 e. The Morgan fingerprint density at radius 1 is 1.29 bits per heavy atom. The van der Waals surface area contributed by atoms with Crippen LogP contribution in [-0.4, -0.2) is 16.3 Å². The molecule has 0 amide bonds. The zero-order valence-corrected chi connectivity index (χ0v) is 14.0. The van der Waals surface area contributed by atoms with Crippen molar-refractivity contribution >= 4 is 11.6 Å². The van der Waals surface area contributed by atoms with E-state index >= 15 is 0 Å². The van der Waals surface area contributed by atoms with Crippen molar-refractivity contribution in [2.75, 3.05) is 6.54 Å². The van der Waals surface area contributed by atoms with E-state index in [1.165, 1.54) is 11.1 Å². The fraction of sp³-hybridized carbons (Fsp3) is 0.471. The number of aryl methyl sites for hydroxylation is 1. The quantitative estimate of drug-likeness (QED) is 0.861. The number of benzene rings is 1. The minimum atomic E-state index is 0.239. The van der Waals surface area contributed by atoms with E-state index in [-0.39, 0.29) is 6.04 Å². The standard InChI is InChI=1S/C17H24ClN3/c1-5-19-17(14-8-13(4)9-15(18)10-14)11-16-6-7-21(20-16)12(2)3/h6-10,12,17,19H,5,11H2,1-4H3. The molecule has 2 rings (SSSR count). The zero-order valence-electron chi connectivity index (χ0n) is 13.2. The van der Waals surface area contributed by atoms with Crippen molar-refractivity contribution in [1.29, 1.82) is 0 Å². The second-order valence-corrected chi connectivity index (χ2v) is 6.19. The molecule has 1 unspecified atom stereocenters. The van der Waals surface area contributed by atoms with Crippen molar-refractivity contribution in [2.24, 2.45) is 0 Å². The lowest BCUT2D eigenvalue weighted by Gasteiger charge is -2.18. The Labute approximate surface area is 132 Å². The summed E-state index contributed by atoms with van der Waals surface area (Å²) in [6.07, 6.45) is 2.92. The van der Waals surface area contributed by atoms with E-state index in [1.807, 2.05) is 23.0 Å². The first kappa shape index (κ1) is 16.1. The minimum Gasteiger partial charge on any atom is -0.310 e. The van der Waals surface area contributed by atoms with Gasteiger partial charge in [-0.2, -0.15) is 5.10 Å². The van der Waals surface area contributed by atoms with Gasteiger partial charge < -0.3 is 5.32 Å². The molecular formula is C17H24ClN3. The van der Waals surface area contributed by atoms with Crippen LogP contribution in [0.3, 0.4) is 0 Å². The maximum atomic E-state index is 6.20. The van der Waals surface area contributed by atoms with Gasteiger partial charge in [0.25, 0.3) is 0 Å². The van der Waals surface area contributed by atoms with Gasteiger partial charge in [-0.25, -0.2) is 0 Å². The highest BCUT2D eigenvalue weighted by molar-refractivity contribution is 6.30. The molecule has 0 aliphatic carbocycles. The Hall–Kier alpha value is -1.32. The first-order chi connectivity index (χ1) is 9.99. The maximum Gasteiger partial charge on any atom is 0.0643 e. The van der Waals surface area contributed by atoms with Gasteiger partial charge in [-0.15, -0.1) is 0 Å². The molecule has 3 nitrogen and oxygen atoms in total. The molecular weight excluding hydrogens is 282 g/mol. The van der Waals surface area contributed by atoms with E-state index in [9.17, 15) is 0 Å². The topological polar surface area (TPSA) is 29.9 Å². The SMILES string of the molecule is CCNC(Cc1ccn(C(C)C)n1)c1cc(C)cc(Cl)c1. The number of rotatable bonds is 6. The lowest BCUT2D eigenvalue weighted by molar-refractivity contribution is 0.506. The molecule has 114 valence electrons. The molecule has 0 spiro atoms. The number of aromatic nitrogens is 2. The minimum absolute atomic E-state index is 0.239. The van der Waals surface area contributed by atoms with Gasteiger partial charge in [-0.3, -0.25) is 4.68 Å². The highest BCUT2D eigenvalue weighted by atomic mass is 35.5. The van der Waals surface area contributed by atoms with Gasteiger partial charge >= 0.3 is 0 Å². The summed E-state index contributed by atoms with van der Waals surface area (Å²) in [6, 6.07) is 8.95. The number of halogens is 1.